The van der Waals surface area contributed by atoms with E-state index in [4.69, 9.17) is 11.6 Å². The highest BCUT2D eigenvalue weighted by molar-refractivity contribution is 6.32. The molecule has 9 heteroatoms. The summed E-state index contributed by atoms with van der Waals surface area (Å²) in [7, 11) is 0. The Morgan fingerprint density at radius 3 is 2.69 bits per heavy atom. The Labute approximate surface area is 154 Å². The minimum atomic E-state index is -0.595. The van der Waals surface area contributed by atoms with E-state index >= 15 is 0 Å². The third kappa shape index (κ3) is 5.38. The molecule has 0 atom stereocenters. The SMILES string of the molecule is Cc1cccc(C(=O)NCC(=O)N/N=C/c2ccc([N+](=O)[O-])c(Cl)c2)c1. The molecule has 0 aliphatic rings. The Balaban J connectivity index is 1.85. The Hall–Kier alpha value is -3.26. The van der Waals surface area contributed by atoms with Gasteiger partial charge < -0.3 is 5.32 Å². The zero-order valence-electron chi connectivity index (χ0n) is 13.7. The lowest BCUT2D eigenvalue weighted by molar-refractivity contribution is -0.384. The molecule has 0 saturated heterocycles. The summed E-state index contributed by atoms with van der Waals surface area (Å²) in [6.07, 6.45) is 1.29. The quantitative estimate of drug-likeness (QED) is 0.459. The van der Waals surface area contributed by atoms with E-state index < -0.39 is 10.8 Å². The highest BCUT2D eigenvalue weighted by atomic mass is 35.5. The predicted octanol–water partition coefficient (Wildman–Crippen LogP) is 2.44. The molecule has 0 unspecified atom stereocenters. The summed E-state index contributed by atoms with van der Waals surface area (Å²) >= 11 is 5.78. The molecule has 2 aromatic rings. The van der Waals surface area contributed by atoms with Gasteiger partial charge >= 0.3 is 0 Å². The Kier molecular flexibility index (Phi) is 6.40. The van der Waals surface area contributed by atoms with Crippen molar-refractivity contribution in [3.63, 3.8) is 0 Å². The molecule has 0 saturated carbocycles. The normalized spacial score (nSPS) is 10.5. The van der Waals surface area contributed by atoms with Crippen molar-refractivity contribution in [1.29, 1.82) is 0 Å². The summed E-state index contributed by atoms with van der Waals surface area (Å²) in [5.74, 6) is -0.884. The van der Waals surface area contributed by atoms with Crippen LogP contribution in [0.2, 0.25) is 5.02 Å². The second-order valence-corrected chi connectivity index (χ2v) is 5.72. The average Bonchev–Trinajstić information content (AvgIpc) is 2.59. The number of hydrazone groups is 1. The van der Waals surface area contributed by atoms with Crippen LogP contribution in [-0.4, -0.2) is 29.5 Å². The molecule has 2 aromatic carbocycles. The number of hydrogen-bond acceptors (Lipinski definition) is 5. The lowest BCUT2D eigenvalue weighted by atomic mass is 10.1. The molecule has 0 radical (unpaired) electrons. The van der Waals surface area contributed by atoms with E-state index in [2.05, 4.69) is 15.8 Å². The molecule has 26 heavy (non-hydrogen) atoms. The van der Waals surface area contributed by atoms with Gasteiger partial charge in [0.1, 0.15) is 5.02 Å². The maximum absolute atomic E-state index is 11.9. The summed E-state index contributed by atoms with van der Waals surface area (Å²) in [6.45, 7) is 1.62. The molecule has 134 valence electrons. The van der Waals surface area contributed by atoms with Gasteiger partial charge in [-0.25, -0.2) is 5.43 Å². The minimum absolute atomic E-state index is 0.0318. The standard InChI is InChI=1S/C17H15ClN4O4/c1-11-3-2-4-13(7-11)17(24)19-10-16(23)21-20-9-12-5-6-15(22(25)26)14(18)8-12/h2-9H,10H2,1H3,(H,19,24)(H,21,23)/b20-9+. The fraction of sp³-hybridized carbons (Fsp3) is 0.118. The highest BCUT2D eigenvalue weighted by Gasteiger charge is 2.11. The summed E-state index contributed by atoms with van der Waals surface area (Å²) in [5, 5.41) is 16.8. The second kappa shape index (κ2) is 8.72. The number of carbonyl (C=O) groups is 2. The monoisotopic (exact) mass is 374 g/mol. The zero-order chi connectivity index (χ0) is 19.1. The van der Waals surface area contributed by atoms with Gasteiger partial charge in [-0.05, 0) is 36.8 Å². The fourth-order valence-electron chi connectivity index (χ4n) is 2.02. The van der Waals surface area contributed by atoms with E-state index in [1.165, 1.54) is 24.4 Å². The average molecular weight is 375 g/mol. The lowest BCUT2D eigenvalue weighted by Gasteiger charge is -2.05. The number of nitrogens with zero attached hydrogens (tertiary/aromatic N) is 2. The van der Waals surface area contributed by atoms with Crippen molar-refractivity contribution in [2.24, 2.45) is 5.10 Å². The van der Waals surface area contributed by atoms with Crippen molar-refractivity contribution in [2.75, 3.05) is 6.54 Å². The highest BCUT2D eigenvalue weighted by Crippen LogP contribution is 2.24. The van der Waals surface area contributed by atoms with E-state index in [-0.39, 0.29) is 23.2 Å². The molecule has 2 N–H and O–H groups in total. The second-order valence-electron chi connectivity index (χ2n) is 5.31. The van der Waals surface area contributed by atoms with Gasteiger partial charge in [0.05, 0.1) is 17.7 Å². The van der Waals surface area contributed by atoms with Crippen LogP contribution in [0.15, 0.2) is 47.6 Å². The molecule has 8 nitrogen and oxygen atoms in total. The first-order chi connectivity index (χ1) is 12.4. The number of halogens is 1. The number of hydrogen-bond donors (Lipinski definition) is 2. The van der Waals surface area contributed by atoms with Crippen LogP contribution in [-0.2, 0) is 4.79 Å². The Morgan fingerprint density at radius 1 is 1.27 bits per heavy atom. The summed E-state index contributed by atoms with van der Waals surface area (Å²) in [4.78, 5) is 33.7. The number of carbonyl (C=O) groups excluding carboxylic acids is 2. The summed E-state index contributed by atoms with van der Waals surface area (Å²) in [6, 6.07) is 11.0. The van der Waals surface area contributed by atoms with Crippen molar-refractivity contribution in [3.05, 3.63) is 74.3 Å². The van der Waals surface area contributed by atoms with Gasteiger partial charge in [-0.2, -0.15) is 5.10 Å². The number of rotatable bonds is 6. The molecule has 0 aliphatic carbocycles. The van der Waals surface area contributed by atoms with E-state index in [9.17, 15) is 19.7 Å². The fourth-order valence-corrected chi connectivity index (χ4v) is 2.28. The van der Waals surface area contributed by atoms with Crippen molar-refractivity contribution in [3.8, 4) is 0 Å². The van der Waals surface area contributed by atoms with Crippen LogP contribution >= 0.6 is 11.6 Å². The van der Waals surface area contributed by atoms with Crippen LogP contribution in [0.4, 0.5) is 5.69 Å². The lowest BCUT2D eigenvalue weighted by Crippen LogP contribution is -2.34. The van der Waals surface area contributed by atoms with Crippen LogP contribution in [0.5, 0.6) is 0 Å². The zero-order valence-corrected chi connectivity index (χ0v) is 14.5. The van der Waals surface area contributed by atoms with Gasteiger partial charge in [0, 0.05) is 11.6 Å². The predicted molar refractivity (Wildman–Crippen MR) is 97.4 cm³/mol. The molecule has 2 amide bonds. The van der Waals surface area contributed by atoms with Crippen LogP contribution in [0.25, 0.3) is 0 Å². The van der Waals surface area contributed by atoms with Crippen molar-refractivity contribution < 1.29 is 14.5 Å². The minimum Gasteiger partial charge on any atom is -0.343 e. The van der Waals surface area contributed by atoms with Crippen LogP contribution < -0.4 is 10.7 Å². The van der Waals surface area contributed by atoms with Gasteiger partial charge in [-0.15, -0.1) is 0 Å². The van der Waals surface area contributed by atoms with Gasteiger partial charge in [0.25, 0.3) is 17.5 Å². The molecular weight excluding hydrogens is 360 g/mol. The first kappa shape index (κ1) is 19.1. The van der Waals surface area contributed by atoms with Gasteiger partial charge in [0.2, 0.25) is 0 Å². The number of nitrogens with one attached hydrogen (secondary N) is 2. The number of amides is 2. The molecule has 0 heterocycles. The Morgan fingerprint density at radius 2 is 2.04 bits per heavy atom. The molecule has 0 aliphatic heterocycles. The van der Waals surface area contributed by atoms with Crippen molar-refractivity contribution in [1.82, 2.24) is 10.7 Å². The first-order valence-corrected chi connectivity index (χ1v) is 7.85. The third-order valence-corrected chi connectivity index (χ3v) is 3.56. The van der Waals surface area contributed by atoms with Crippen LogP contribution in [0.1, 0.15) is 21.5 Å². The van der Waals surface area contributed by atoms with Crippen LogP contribution in [0, 0.1) is 17.0 Å². The maximum Gasteiger partial charge on any atom is 0.287 e. The van der Waals surface area contributed by atoms with Gasteiger partial charge in [0.15, 0.2) is 0 Å². The molecular formula is C17H15ClN4O4. The van der Waals surface area contributed by atoms with Crippen molar-refractivity contribution >= 4 is 35.3 Å². The molecule has 2 rings (SSSR count). The largest absolute Gasteiger partial charge is 0.343 e. The number of nitro benzene ring substituents is 1. The van der Waals surface area contributed by atoms with Crippen LogP contribution in [0.3, 0.4) is 0 Å². The van der Waals surface area contributed by atoms with E-state index in [1.807, 2.05) is 13.0 Å². The topological polar surface area (TPSA) is 114 Å². The van der Waals surface area contributed by atoms with E-state index in [0.29, 0.717) is 11.1 Å². The van der Waals surface area contributed by atoms with E-state index in [1.54, 1.807) is 18.2 Å². The third-order valence-electron chi connectivity index (χ3n) is 3.26. The smallest absolute Gasteiger partial charge is 0.287 e. The van der Waals surface area contributed by atoms with E-state index in [0.717, 1.165) is 5.56 Å². The summed E-state index contributed by atoms with van der Waals surface area (Å²) in [5.41, 5.74) is 3.90. The molecule has 0 bridgehead atoms. The summed E-state index contributed by atoms with van der Waals surface area (Å²) < 4.78 is 0. The maximum atomic E-state index is 11.9. The molecule has 0 aromatic heterocycles. The number of benzene rings is 2. The number of aryl methyl sites for hydroxylation is 1. The Bertz CT molecular complexity index is 883. The molecule has 0 spiro atoms. The van der Waals surface area contributed by atoms with Gasteiger partial charge in [-0.3, -0.25) is 19.7 Å². The number of nitro groups is 1. The van der Waals surface area contributed by atoms with Gasteiger partial charge in [-0.1, -0.05) is 29.3 Å². The first-order valence-electron chi connectivity index (χ1n) is 7.47. The van der Waals surface area contributed by atoms with Crippen molar-refractivity contribution in [2.45, 2.75) is 6.92 Å². The molecule has 0 fully saturated rings.